The second kappa shape index (κ2) is 6.24. The van der Waals surface area contributed by atoms with E-state index < -0.39 is 0 Å². The van der Waals surface area contributed by atoms with Gasteiger partial charge in [0.25, 0.3) is 0 Å². The molecular formula is C6H10O2. The van der Waals surface area contributed by atoms with E-state index in [1.165, 1.54) is 12.5 Å². The summed E-state index contributed by atoms with van der Waals surface area (Å²) in [6.07, 6.45) is 4.63. The lowest BCUT2D eigenvalue weighted by Crippen LogP contribution is -1.79. The van der Waals surface area contributed by atoms with E-state index in [1.807, 2.05) is 0 Å². The van der Waals surface area contributed by atoms with Crippen LogP contribution in [0.5, 0.6) is 0 Å². The van der Waals surface area contributed by atoms with Crippen molar-refractivity contribution < 1.29 is 9.47 Å². The van der Waals surface area contributed by atoms with Crippen molar-refractivity contribution in [3.63, 3.8) is 0 Å². The first-order chi connectivity index (χ1) is 3.91. The largest absolute Gasteiger partial charge is 0.474 e. The van der Waals surface area contributed by atoms with Gasteiger partial charge in [-0.2, -0.15) is 0 Å². The molecule has 0 aliphatic carbocycles. The highest BCUT2D eigenvalue weighted by Crippen LogP contribution is 1.76. The number of hydrogen-bond acceptors (Lipinski definition) is 2. The van der Waals surface area contributed by atoms with Gasteiger partial charge in [0.15, 0.2) is 0 Å². The van der Waals surface area contributed by atoms with Gasteiger partial charge in [0.05, 0.1) is 19.1 Å². The van der Waals surface area contributed by atoms with Crippen LogP contribution >= 0.6 is 0 Å². The Hall–Kier alpha value is -0.760. The predicted octanol–water partition coefficient (Wildman–Crippen LogP) is 1.31. The summed E-state index contributed by atoms with van der Waals surface area (Å²) in [6, 6.07) is 0. The smallest absolute Gasteiger partial charge is 0.0884 e. The third-order valence-corrected chi connectivity index (χ3v) is 0.534. The van der Waals surface area contributed by atoms with Crippen molar-refractivity contribution in [3.8, 4) is 0 Å². The highest BCUT2D eigenvalue weighted by molar-refractivity contribution is 4.74. The van der Waals surface area contributed by atoms with E-state index in [1.54, 1.807) is 13.2 Å². The van der Waals surface area contributed by atoms with Crippen LogP contribution in [0.3, 0.4) is 0 Å². The highest BCUT2D eigenvalue weighted by Gasteiger charge is 1.67. The van der Waals surface area contributed by atoms with E-state index in [4.69, 9.17) is 0 Å². The molecule has 0 N–H and O–H groups in total. The lowest BCUT2D eigenvalue weighted by Gasteiger charge is -1.86. The van der Waals surface area contributed by atoms with Crippen LogP contribution in [-0.4, -0.2) is 13.7 Å². The summed E-state index contributed by atoms with van der Waals surface area (Å²) in [6.45, 7) is 3.92. The third kappa shape index (κ3) is 5.24. The average molecular weight is 114 g/mol. The van der Waals surface area contributed by atoms with E-state index in [0.29, 0.717) is 6.61 Å². The number of ether oxygens (including phenoxy) is 2. The SMILES string of the molecule is C=CO/C=C/COC. The van der Waals surface area contributed by atoms with Gasteiger partial charge in [-0.3, -0.25) is 0 Å². The van der Waals surface area contributed by atoms with Crippen LogP contribution in [0.2, 0.25) is 0 Å². The van der Waals surface area contributed by atoms with Gasteiger partial charge in [-0.15, -0.1) is 0 Å². The van der Waals surface area contributed by atoms with Crippen molar-refractivity contribution in [2.75, 3.05) is 13.7 Å². The zero-order chi connectivity index (χ0) is 6.24. The Morgan fingerprint density at radius 2 is 2.38 bits per heavy atom. The van der Waals surface area contributed by atoms with Crippen molar-refractivity contribution >= 4 is 0 Å². The van der Waals surface area contributed by atoms with E-state index in [9.17, 15) is 0 Å². The van der Waals surface area contributed by atoms with E-state index in [-0.39, 0.29) is 0 Å². The van der Waals surface area contributed by atoms with Crippen molar-refractivity contribution in [2.24, 2.45) is 0 Å². The second-order valence-electron chi connectivity index (χ2n) is 1.13. The van der Waals surface area contributed by atoms with Crippen LogP contribution in [0, 0.1) is 0 Å². The minimum atomic E-state index is 0.577. The maximum atomic E-state index is 4.69. The summed E-state index contributed by atoms with van der Waals surface area (Å²) in [5, 5.41) is 0. The first-order valence-electron chi connectivity index (χ1n) is 2.32. The van der Waals surface area contributed by atoms with Gasteiger partial charge < -0.3 is 9.47 Å². The summed E-state index contributed by atoms with van der Waals surface area (Å²) < 4.78 is 9.33. The third-order valence-electron chi connectivity index (χ3n) is 0.534. The molecule has 0 aliphatic rings. The van der Waals surface area contributed by atoms with Crippen LogP contribution < -0.4 is 0 Å². The molecule has 0 atom stereocenters. The van der Waals surface area contributed by atoms with E-state index >= 15 is 0 Å². The Balaban J connectivity index is 2.94. The minimum absolute atomic E-state index is 0.577. The van der Waals surface area contributed by atoms with Crippen LogP contribution in [-0.2, 0) is 9.47 Å². The molecule has 2 heteroatoms. The lowest BCUT2D eigenvalue weighted by atomic mass is 10.7. The van der Waals surface area contributed by atoms with Crippen molar-refractivity contribution in [3.05, 3.63) is 25.2 Å². The zero-order valence-corrected chi connectivity index (χ0v) is 4.96. The first kappa shape index (κ1) is 7.24. The Morgan fingerprint density at radius 1 is 1.62 bits per heavy atom. The van der Waals surface area contributed by atoms with Crippen LogP contribution in [0.4, 0.5) is 0 Å². The lowest BCUT2D eigenvalue weighted by molar-refractivity contribution is 0.231. The number of methoxy groups -OCH3 is 1. The van der Waals surface area contributed by atoms with Crippen molar-refractivity contribution in [1.82, 2.24) is 0 Å². The number of rotatable bonds is 4. The molecule has 0 aromatic carbocycles. The maximum Gasteiger partial charge on any atom is 0.0884 e. The Kier molecular flexibility index (Phi) is 5.65. The van der Waals surface area contributed by atoms with Crippen LogP contribution in [0.25, 0.3) is 0 Å². The fraction of sp³-hybridized carbons (Fsp3) is 0.333. The molecule has 0 spiro atoms. The molecule has 0 fully saturated rings. The average Bonchev–Trinajstić information content (AvgIpc) is 1.81. The monoisotopic (exact) mass is 114 g/mol. The Bertz CT molecular complexity index is 76.6. The molecule has 2 nitrogen and oxygen atoms in total. The molecule has 0 aliphatic heterocycles. The molecule has 0 heterocycles. The maximum absolute atomic E-state index is 4.69. The van der Waals surface area contributed by atoms with Gasteiger partial charge in [-0.1, -0.05) is 6.58 Å². The Labute approximate surface area is 49.4 Å². The summed E-state index contributed by atoms with van der Waals surface area (Å²) >= 11 is 0. The Morgan fingerprint density at radius 3 is 2.88 bits per heavy atom. The first-order valence-corrected chi connectivity index (χ1v) is 2.32. The molecule has 0 saturated heterocycles. The van der Waals surface area contributed by atoms with Crippen LogP contribution in [0.1, 0.15) is 0 Å². The number of hydrogen-bond donors (Lipinski definition) is 0. The quantitative estimate of drug-likeness (QED) is 0.513. The molecular weight excluding hydrogens is 104 g/mol. The topological polar surface area (TPSA) is 18.5 Å². The van der Waals surface area contributed by atoms with Crippen molar-refractivity contribution in [1.29, 1.82) is 0 Å². The molecule has 0 rings (SSSR count). The van der Waals surface area contributed by atoms with Gasteiger partial charge in [-0.05, 0) is 6.08 Å². The predicted molar refractivity (Wildman–Crippen MR) is 32.3 cm³/mol. The summed E-state index contributed by atoms with van der Waals surface area (Å²) in [4.78, 5) is 0. The standard InChI is InChI=1S/C6H10O2/c1-3-8-6-4-5-7-2/h3-4,6H,1,5H2,2H3/b6-4+. The summed E-state index contributed by atoms with van der Waals surface area (Å²) in [7, 11) is 1.62. The fourth-order valence-corrected chi connectivity index (χ4v) is 0.247. The fourth-order valence-electron chi connectivity index (χ4n) is 0.247. The molecule has 0 aromatic rings. The van der Waals surface area contributed by atoms with E-state index in [0.717, 1.165) is 0 Å². The van der Waals surface area contributed by atoms with Gasteiger partial charge in [0, 0.05) is 7.11 Å². The molecule has 0 aromatic heterocycles. The molecule has 8 heavy (non-hydrogen) atoms. The molecule has 46 valence electrons. The van der Waals surface area contributed by atoms with Gasteiger partial charge >= 0.3 is 0 Å². The second-order valence-corrected chi connectivity index (χ2v) is 1.13. The van der Waals surface area contributed by atoms with Gasteiger partial charge in [-0.25, -0.2) is 0 Å². The molecule has 0 amide bonds. The van der Waals surface area contributed by atoms with Gasteiger partial charge in [0.1, 0.15) is 0 Å². The zero-order valence-electron chi connectivity index (χ0n) is 4.96. The molecule has 0 unspecified atom stereocenters. The molecule has 0 bridgehead atoms. The summed E-state index contributed by atoms with van der Waals surface area (Å²) in [5.41, 5.74) is 0. The normalized spacial score (nSPS) is 9.62. The van der Waals surface area contributed by atoms with Gasteiger partial charge in [0.2, 0.25) is 0 Å². The van der Waals surface area contributed by atoms with Crippen LogP contribution in [0.15, 0.2) is 25.2 Å². The van der Waals surface area contributed by atoms with E-state index in [2.05, 4.69) is 16.1 Å². The summed E-state index contributed by atoms with van der Waals surface area (Å²) in [5.74, 6) is 0. The minimum Gasteiger partial charge on any atom is -0.474 e. The molecule has 0 radical (unpaired) electrons. The molecule has 0 saturated carbocycles. The highest BCUT2D eigenvalue weighted by atomic mass is 16.5. The van der Waals surface area contributed by atoms with Crippen molar-refractivity contribution in [2.45, 2.75) is 0 Å².